The van der Waals surface area contributed by atoms with Gasteiger partial charge >= 0.3 is 5.97 Å². The number of rotatable bonds is 5. The third-order valence-corrected chi connectivity index (χ3v) is 4.79. The van der Waals surface area contributed by atoms with Crippen molar-refractivity contribution in [3.05, 3.63) is 59.2 Å². The van der Waals surface area contributed by atoms with Crippen LogP contribution in [0.25, 0.3) is 0 Å². The van der Waals surface area contributed by atoms with Crippen molar-refractivity contribution in [2.75, 3.05) is 0 Å². The number of carbonyl (C=O) groups excluding carboxylic acids is 2. The number of ether oxygens (including phenoxy) is 2. The van der Waals surface area contributed by atoms with E-state index in [4.69, 9.17) is 14.7 Å². The maximum absolute atomic E-state index is 12.1. The van der Waals surface area contributed by atoms with Crippen LogP contribution in [0.5, 0.6) is 11.5 Å². The number of benzene rings is 2. The van der Waals surface area contributed by atoms with E-state index in [0.29, 0.717) is 24.3 Å². The number of amides is 1. The number of hydroxylamine groups is 1. The van der Waals surface area contributed by atoms with Crippen molar-refractivity contribution < 1.29 is 24.3 Å². The molecule has 29 heavy (non-hydrogen) atoms. The first-order valence-electron chi connectivity index (χ1n) is 9.78. The third-order valence-electron chi connectivity index (χ3n) is 4.79. The molecule has 0 aliphatic heterocycles. The SMILES string of the molecule is CC(C)(C)OC(=O)Cc1cccc(Oc2ccc3c(c2)CC(C(=O)NO)CC3)c1. The van der Waals surface area contributed by atoms with E-state index in [1.165, 1.54) is 5.56 Å². The molecule has 1 aliphatic rings. The van der Waals surface area contributed by atoms with Crippen molar-refractivity contribution in [2.45, 2.75) is 52.1 Å². The molecule has 0 aromatic heterocycles. The lowest BCUT2D eigenvalue weighted by molar-refractivity contribution is -0.153. The number of carbonyl (C=O) groups is 2. The first-order valence-corrected chi connectivity index (χ1v) is 9.78. The Bertz CT molecular complexity index is 900. The van der Waals surface area contributed by atoms with Gasteiger partial charge in [0, 0.05) is 5.92 Å². The molecular weight excluding hydrogens is 370 g/mol. The highest BCUT2D eigenvalue weighted by Crippen LogP contribution is 2.31. The largest absolute Gasteiger partial charge is 0.460 e. The quantitative estimate of drug-likeness (QED) is 0.453. The summed E-state index contributed by atoms with van der Waals surface area (Å²) in [4.78, 5) is 23.8. The summed E-state index contributed by atoms with van der Waals surface area (Å²) < 4.78 is 11.4. The van der Waals surface area contributed by atoms with Crippen molar-refractivity contribution in [1.29, 1.82) is 0 Å². The van der Waals surface area contributed by atoms with E-state index in [-0.39, 0.29) is 24.2 Å². The maximum Gasteiger partial charge on any atom is 0.310 e. The van der Waals surface area contributed by atoms with E-state index in [1.807, 2.05) is 63.2 Å². The summed E-state index contributed by atoms with van der Waals surface area (Å²) in [5.74, 6) is 0.433. The Morgan fingerprint density at radius 3 is 2.59 bits per heavy atom. The molecule has 0 fully saturated rings. The Balaban J connectivity index is 1.69. The highest BCUT2D eigenvalue weighted by Gasteiger charge is 2.24. The molecule has 0 saturated carbocycles. The van der Waals surface area contributed by atoms with Crippen LogP contribution in [-0.2, 0) is 33.6 Å². The van der Waals surface area contributed by atoms with Gasteiger partial charge in [-0.05, 0) is 81.0 Å². The monoisotopic (exact) mass is 397 g/mol. The third kappa shape index (κ3) is 5.81. The Kier molecular flexibility index (Phi) is 6.23. The van der Waals surface area contributed by atoms with Crippen molar-refractivity contribution in [3.63, 3.8) is 0 Å². The average molecular weight is 397 g/mol. The molecule has 1 unspecified atom stereocenters. The van der Waals surface area contributed by atoms with Gasteiger partial charge in [0.25, 0.3) is 0 Å². The molecule has 0 bridgehead atoms. The minimum Gasteiger partial charge on any atom is -0.460 e. The van der Waals surface area contributed by atoms with Crippen LogP contribution in [0.2, 0.25) is 0 Å². The van der Waals surface area contributed by atoms with Gasteiger partial charge in [-0.25, -0.2) is 5.48 Å². The van der Waals surface area contributed by atoms with Gasteiger partial charge in [0.1, 0.15) is 17.1 Å². The lowest BCUT2D eigenvalue weighted by atomic mass is 9.83. The predicted molar refractivity (Wildman–Crippen MR) is 108 cm³/mol. The van der Waals surface area contributed by atoms with Crippen LogP contribution in [0.4, 0.5) is 0 Å². The number of fused-ring (bicyclic) bond motifs is 1. The molecule has 154 valence electrons. The second kappa shape index (κ2) is 8.66. The van der Waals surface area contributed by atoms with Crippen molar-refractivity contribution in [2.24, 2.45) is 5.92 Å². The van der Waals surface area contributed by atoms with Gasteiger partial charge in [-0.2, -0.15) is 0 Å². The summed E-state index contributed by atoms with van der Waals surface area (Å²) in [6.07, 6.45) is 2.25. The number of esters is 1. The van der Waals surface area contributed by atoms with Gasteiger partial charge in [-0.1, -0.05) is 18.2 Å². The summed E-state index contributed by atoms with van der Waals surface area (Å²) in [6.45, 7) is 5.53. The van der Waals surface area contributed by atoms with E-state index in [2.05, 4.69) is 0 Å². The molecule has 2 aromatic rings. The molecule has 6 nitrogen and oxygen atoms in total. The Labute approximate surface area is 170 Å². The number of hydrogen-bond acceptors (Lipinski definition) is 5. The molecule has 1 amide bonds. The number of nitrogens with one attached hydrogen (secondary N) is 1. The van der Waals surface area contributed by atoms with Crippen LogP contribution in [0.15, 0.2) is 42.5 Å². The molecular formula is C23H27NO5. The normalized spacial score (nSPS) is 15.9. The lowest BCUT2D eigenvalue weighted by Crippen LogP contribution is -2.31. The predicted octanol–water partition coefficient (Wildman–Crippen LogP) is 3.97. The zero-order chi connectivity index (χ0) is 21.0. The standard InChI is InChI=1S/C23H27NO5/c1-23(2,3)29-21(25)12-15-5-4-6-19(11-15)28-20-10-9-16-7-8-17(22(26)24-27)13-18(16)14-20/h4-6,9-11,14,17,27H,7-8,12-13H2,1-3H3,(H,24,26). The van der Waals surface area contributed by atoms with Crippen LogP contribution < -0.4 is 10.2 Å². The van der Waals surface area contributed by atoms with E-state index in [1.54, 1.807) is 5.48 Å². The zero-order valence-corrected chi connectivity index (χ0v) is 17.0. The molecule has 0 radical (unpaired) electrons. The number of hydrogen-bond donors (Lipinski definition) is 2. The summed E-state index contributed by atoms with van der Waals surface area (Å²) in [6, 6.07) is 13.2. The Hall–Kier alpha value is -2.86. The smallest absolute Gasteiger partial charge is 0.310 e. The molecule has 0 saturated heterocycles. The van der Waals surface area contributed by atoms with Gasteiger partial charge < -0.3 is 9.47 Å². The minimum absolute atomic E-state index is 0.177. The topological polar surface area (TPSA) is 84.9 Å². The molecule has 6 heteroatoms. The van der Waals surface area contributed by atoms with Crippen molar-refractivity contribution in [1.82, 2.24) is 5.48 Å². The Morgan fingerprint density at radius 1 is 1.10 bits per heavy atom. The van der Waals surface area contributed by atoms with Gasteiger partial charge in [0.05, 0.1) is 6.42 Å². The first kappa shape index (κ1) is 20.9. The van der Waals surface area contributed by atoms with Crippen molar-refractivity contribution in [3.8, 4) is 11.5 Å². The maximum atomic E-state index is 12.1. The highest BCUT2D eigenvalue weighted by molar-refractivity contribution is 5.78. The fourth-order valence-corrected chi connectivity index (χ4v) is 3.51. The van der Waals surface area contributed by atoms with E-state index < -0.39 is 5.60 Å². The second-order valence-corrected chi connectivity index (χ2v) is 8.36. The van der Waals surface area contributed by atoms with Crippen LogP contribution in [0, 0.1) is 5.92 Å². The number of aryl methyl sites for hydroxylation is 1. The molecule has 1 atom stereocenters. The van der Waals surface area contributed by atoms with Gasteiger partial charge in [0.2, 0.25) is 5.91 Å². The fraction of sp³-hybridized carbons (Fsp3) is 0.391. The second-order valence-electron chi connectivity index (χ2n) is 8.36. The zero-order valence-electron chi connectivity index (χ0n) is 17.0. The Morgan fingerprint density at radius 2 is 1.86 bits per heavy atom. The van der Waals surface area contributed by atoms with Crippen LogP contribution in [0.1, 0.15) is 43.9 Å². The summed E-state index contributed by atoms with van der Waals surface area (Å²) >= 11 is 0. The first-order chi connectivity index (χ1) is 13.7. The highest BCUT2D eigenvalue weighted by atomic mass is 16.6. The van der Waals surface area contributed by atoms with Crippen LogP contribution in [0.3, 0.4) is 0 Å². The van der Waals surface area contributed by atoms with E-state index >= 15 is 0 Å². The molecule has 2 aromatic carbocycles. The molecule has 3 rings (SSSR count). The lowest BCUT2D eigenvalue weighted by Gasteiger charge is -2.23. The van der Waals surface area contributed by atoms with Crippen LogP contribution in [-0.4, -0.2) is 22.7 Å². The van der Waals surface area contributed by atoms with Crippen molar-refractivity contribution >= 4 is 11.9 Å². The minimum atomic E-state index is -0.515. The molecule has 2 N–H and O–H groups in total. The van der Waals surface area contributed by atoms with Crippen LogP contribution >= 0.6 is 0 Å². The van der Waals surface area contributed by atoms with E-state index in [0.717, 1.165) is 17.5 Å². The summed E-state index contributed by atoms with van der Waals surface area (Å²) in [7, 11) is 0. The molecule has 0 spiro atoms. The molecule has 1 aliphatic carbocycles. The van der Waals surface area contributed by atoms with Gasteiger partial charge in [-0.15, -0.1) is 0 Å². The van der Waals surface area contributed by atoms with Gasteiger partial charge in [-0.3, -0.25) is 14.8 Å². The summed E-state index contributed by atoms with van der Waals surface area (Å²) in [5, 5.41) is 8.88. The summed E-state index contributed by atoms with van der Waals surface area (Å²) in [5.41, 5.74) is 4.29. The van der Waals surface area contributed by atoms with E-state index in [9.17, 15) is 9.59 Å². The molecule has 0 heterocycles. The average Bonchev–Trinajstić information content (AvgIpc) is 2.65. The van der Waals surface area contributed by atoms with Gasteiger partial charge in [0.15, 0.2) is 0 Å². The fourth-order valence-electron chi connectivity index (χ4n) is 3.51.